The van der Waals surface area contributed by atoms with Gasteiger partial charge in [-0.05, 0) is 48.3 Å². The van der Waals surface area contributed by atoms with Gasteiger partial charge in [-0.3, -0.25) is 4.90 Å². The molecule has 5 atom stereocenters. The van der Waals surface area contributed by atoms with Crippen LogP contribution in [0.15, 0.2) is 24.3 Å². The topological polar surface area (TPSA) is 23.5 Å². The third-order valence-electron chi connectivity index (χ3n) is 5.64. The fourth-order valence-electron chi connectivity index (χ4n) is 4.00. The number of rotatable bonds is 1. The molecule has 1 fully saturated rings. The summed E-state index contributed by atoms with van der Waals surface area (Å²) < 4.78 is 0. The Morgan fingerprint density at radius 2 is 1.75 bits per heavy atom. The minimum Gasteiger partial charge on any atom is -0.387 e. The Hall–Kier alpha value is -0.860. The molecule has 3 rings (SSSR count). The molecule has 1 aliphatic carbocycles. The van der Waals surface area contributed by atoms with Gasteiger partial charge in [-0.25, -0.2) is 0 Å². The van der Waals surface area contributed by atoms with Gasteiger partial charge >= 0.3 is 0 Å². The van der Waals surface area contributed by atoms with Crippen molar-refractivity contribution >= 4 is 0 Å². The molecule has 5 unspecified atom stereocenters. The summed E-state index contributed by atoms with van der Waals surface area (Å²) in [7, 11) is 0. The molecule has 1 aromatic carbocycles. The lowest BCUT2D eigenvalue weighted by molar-refractivity contribution is 0.000298. The minimum atomic E-state index is -0.317. The Labute approximate surface area is 122 Å². The van der Waals surface area contributed by atoms with Gasteiger partial charge in [0, 0.05) is 12.6 Å². The number of nitrogens with zero attached hydrogens (tertiary/aromatic N) is 1. The average molecular weight is 273 g/mol. The van der Waals surface area contributed by atoms with E-state index in [0.29, 0.717) is 12.0 Å². The lowest BCUT2D eigenvalue weighted by Crippen LogP contribution is -2.49. The molecule has 0 aromatic heterocycles. The molecule has 0 bridgehead atoms. The van der Waals surface area contributed by atoms with E-state index in [1.165, 1.54) is 12.0 Å². The summed E-state index contributed by atoms with van der Waals surface area (Å²) in [5.41, 5.74) is 2.50. The smallest absolute Gasteiger partial charge is 0.0948 e. The van der Waals surface area contributed by atoms with Gasteiger partial charge in [0.15, 0.2) is 0 Å². The quantitative estimate of drug-likeness (QED) is 0.845. The fourth-order valence-corrected chi connectivity index (χ4v) is 4.00. The normalized spacial score (nSPS) is 38.5. The van der Waals surface area contributed by atoms with Crippen LogP contribution in [-0.2, 0) is 0 Å². The summed E-state index contributed by atoms with van der Waals surface area (Å²) in [5.74, 6) is 2.11. The summed E-state index contributed by atoms with van der Waals surface area (Å²) >= 11 is 0. The first-order valence-corrected chi connectivity index (χ1v) is 8.09. The largest absolute Gasteiger partial charge is 0.387 e. The predicted octanol–water partition coefficient (Wildman–Crippen LogP) is 3.57. The summed E-state index contributed by atoms with van der Waals surface area (Å²) in [6.07, 6.45) is 2.03. The van der Waals surface area contributed by atoms with Crippen molar-refractivity contribution in [1.29, 1.82) is 0 Å². The van der Waals surface area contributed by atoms with E-state index >= 15 is 0 Å². The zero-order valence-electron chi connectivity index (χ0n) is 12.9. The van der Waals surface area contributed by atoms with Crippen molar-refractivity contribution in [3.63, 3.8) is 0 Å². The highest BCUT2D eigenvalue weighted by Crippen LogP contribution is 2.41. The minimum absolute atomic E-state index is 0.301. The van der Waals surface area contributed by atoms with Crippen LogP contribution in [0.3, 0.4) is 0 Å². The number of hydrogen-bond donors (Lipinski definition) is 1. The second kappa shape index (κ2) is 5.50. The number of aliphatic hydroxyl groups is 1. The maximum absolute atomic E-state index is 10.8. The molecule has 1 N–H and O–H groups in total. The molecule has 110 valence electrons. The number of likely N-dealkylation sites (tertiary alicyclic amines) is 1. The zero-order chi connectivity index (χ0) is 14.3. The van der Waals surface area contributed by atoms with E-state index in [2.05, 4.69) is 49.9 Å². The van der Waals surface area contributed by atoms with Crippen LogP contribution < -0.4 is 0 Å². The van der Waals surface area contributed by atoms with E-state index in [4.69, 9.17) is 0 Å². The summed E-state index contributed by atoms with van der Waals surface area (Å²) in [5, 5.41) is 10.8. The molecule has 0 spiro atoms. The Kier molecular flexibility index (Phi) is 3.87. The first-order valence-electron chi connectivity index (χ1n) is 8.09. The molecule has 2 nitrogen and oxygen atoms in total. The van der Waals surface area contributed by atoms with Crippen LogP contribution in [0.5, 0.6) is 0 Å². The SMILES string of the molecule is CC1CC(N2CCC(C)C(C)C2)C(O)c2ccccc21. The van der Waals surface area contributed by atoms with Crippen LogP contribution >= 0.6 is 0 Å². The average Bonchev–Trinajstić information content (AvgIpc) is 2.46. The van der Waals surface area contributed by atoms with Gasteiger partial charge in [0.1, 0.15) is 0 Å². The van der Waals surface area contributed by atoms with E-state index in [1.54, 1.807) is 0 Å². The van der Waals surface area contributed by atoms with Crippen molar-refractivity contribution in [3.05, 3.63) is 35.4 Å². The van der Waals surface area contributed by atoms with Gasteiger partial charge in [0.25, 0.3) is 0 Å². The van der Waals surface area contributed by atoms with Gasteiger partial charge in [0.2, 0.25) is 0 Å². The number of hydrogen-bond acceptors (Lipinski definition) is 2. The van der Waals surface area contributed by atoms with E-state index in [9.17, 15) is 5.11 Å². The Bertz CT molecular complexity index is 472. The number of benzene rings is 1. The number of piperidine rings is 1. The lowest BCUT2D eigenvalue weighted by Gasteiger charge is -2.45. The molecule has 20 heavy (non-hydrogen) atoms. The fraction of sp³-hybridized carbons (Fsp3) is 0.667. The van der Waals surface area contributed by atoms with Gasteiger partial charge in [-0.1, -0.05) is 45.0 Å². The molecule has 2 aliphatic rings. The van der Waals surface area contributed by atoms with E-state index in [0.717, 1.165) is 36.9 Å². The van der Waals surface area contributed by atoms with Crippen LogP contribution in [0.1, 0.15) is 56.8 Å². The second-order valence-corrected chi connectivity index (χ2v) is 7.02. The highest BCUT2D eigenvalue weighted by Gasteiger charge is 2.37. The lowest BCUT2D eigenvalue weighted by atomic mass is 9.77. The molecule has 2 heteroatoms. The Morgan fingerprint density at radius 3 is 2.45 bits per heavy atom. The van der Waals surface area contributed by atoms with E-state index < -0.39 is 0 Å². The zero-order valence-corrected chi connectivity index (χ0v) is 12.9. The molecular weight excluding hydrogens is 246 g/mol. The highest BCUT2D eigenvalue weighted by molar-refractivity contribution is 5.35. The van der Waals surface area contributed by atoms with Crippen molar-refractivity contribution in [2.75, 3.05) is 13.1 Å². The molecule has 0 radical (unpaired) electrons. The molecule has 0 saturated carbocycles. The number of fused-ring (bicyclic) bond motifs is 1. The molecular formula is C18H27NO. The van der Waals surface area contributed by atoms with Crippen LogP contribution in [0.25, 0.3) is 0 Å². The van der Waals surface area contributed by atoms with Gasteiger partial charge in [-0.15, -0.1) is 0 Å². The first kappa shape index (κ1) is 14.1. The maximum atomic E-state index is 10.8. The second-order valence-electron chi connectivity index (χ2n) is 7.02. The van der Waals surface area contributed by atoms with E-state index in [-0.39, 0.29) is 6.10 Å². The highest BCUT2D eigenvalue weighted by atomic mass is 16.3. The molecule has 1 aromatic rings. The molecule has 1 aliphatic heterocycles. The van der Waals surface area contributed by atoms with Crippen molar-refractivity contribution in [3.8, 4) is 0 Å². The van der Waals surface area contributed by atoms with Crippen LogP contribution in [0, 0.1) is 11.8 Å². The Morgan fingerprint density at radius 1 is 1.05 bits per heavy atom. The standard InChI is InChI=1S/C18H27NO/c1-12-8-9-19(11-14(12)3)17-10-13(2)15-6-4-5-7-16(15)18(17)20/h4-7,12-14,17-18,20H,8-11H2,1-3H3. The summed E-state index contributed by atoms with van der Waals surface area (Å²) in [4.78, 5) is 2.54. The van der Waals surface area contributed by atoms with Crippen molar-refractivity contribution < 1.29 is 5.11 Å². The summed E-state index contributed by atoms with van der Waals surface area (Å²) in [6.45, 7) is 9.29. The molecule has 1 saturated heterocycles. The van der Waals surface area contributed by atoms with Crippen molar-refractivity contribution in [2.24, 2.45) is 11.8 Å². The van der Waals surface area contributed by atoms with Gasteiger partial charge in [0.05, 0.1) is 6.10 Å². The molecule has 0 amide bonds. The predicted molar refractivity (Wildman–Crippen MR) is 82.7 cm³/mol. The third kappa shape index (κ3) is 2.40. The van der Waals surface area contributed by atoms with Crippen LogP contribution in [-0.4, -0.2) is 29.1 Å². The summed E-state index contributed by atoms with van der Waals surface area (Å²) in [6, 6.07) is 8.74. The van der Waals surface area contributed by atoms with E-state index in [1.807, 2.05) is 0 Å². The third-order valence-corrected chi connectivity index (χ3v) is 5.64. The number of aliphatic hydroxyl groups excluding tert-OH is 1. The van der Waals surface area contributed by atoms with Crippen molar-refractivity contribution in [2.45, 2.75) is 51.7 Å². The van der Waals surface area contributed by atoms with Gasteiger partial charge < -0.3 is 5.11 Å². The van der Waals surface area contributed by atoms with Gasteiger partial charge in [-0.2, -0.15) is 0 Å². The maximum Gasteiger partial charge on any atom is 0.0948 e. The first-order chi connectivity index (χ1) is 9.58. The monoisotopic (exact) mass is 273 g/mol. The van der Waals surface area contributed by atoms with Crippen LogP contribution in [0.4, 0.5) is 0 Å². The Balaban J connectivity index is 1.82. The van der Waals surface area contributed by atoms with Crippen molar-refractivity contribution in [1.82, 2.24) is 4.90 Å². The van der Waals surface area contributed by atoms with Crippen LogP contribution in [0.2, 0.25) is 0 Å². The molecule has 1 heterocycles.